The van der Waals surface area contributed by atoms with Crippen LogP contribution in [0.3, 0.4) is 0 Å². The highest BCUT2D eigenvalue weighted by Crippen LogP contribution is 2.11. The molecule has 1 nitrogen and oxygen atoms in total. The molecule has 0 radical (unpaired) electrons. The van der Waals surface area contributed by atoms with Crippen molar-refractivity contribution in [2.45, 2.75) is 6.42 Å². The quantitative estimate of drug-likeness (QED) is 0.842. The first kappa shape index (κ1) is 13.1. The van der Waals surface area contributed by atoms with Gasteiger partial charge in [-0.2, -0.15) is 0 Å². The molecule has 0 heterocycles. The molecule has 2 heteroatoms. The van der Waals surface area contributed by atoms with Gasteiger partial charge in [-0.15, -0.1) is 0 Å². The lowest BCUT2D eigenvalue weighted by molar-refractivity contribution is 0.475. The van der Waals surface area contributed by atoms with Gasteiger partial charge >= 0.3 is 0 Å². The van der Waals surface area contributed by atoms with Gasteiger partial charge in [-0.1, -0.05) is 48.6 Å². The third-order valence-corrected chi connectivity index (χ3v) is 2.66. The molecule has 0 aliphatic heterocycles. The zero-order chi connectivity index (χ0) is 13.5. The van der Waals surface area contributed by atoms with Crippen molar-refractivity contribution in [3.63, 3.8) is 0 Å². The van der Waals surface area contributed by atoms with Gasteiger partial charge in [0.15, 0.2) is 0 Å². The van der Waals surface area contributed by atoms with Crippen molar-refractivity contribution in [2.24, 2.45) is 0 Å². The molecule has 0 fully saturated rings. The first-order valence-electron chi connectivity index (χ1n) is 6.12. The average molecular weight is 254 g/mol. The Morgan fingerprint density at radius 2 is 1.26 bits per heavy atom. The van der Waals surface area contributed by atoms with E-state index in [1.807, 2.05) is 36.4 Å². The number of benzene rings is 2. The van der Waals surface area contributed by atoms with E-state index in [1.165, 1.54) is 12.1 Å². The summed E-state index contributed by atoms with van der Waals surface area (Å²) in [5.41, 5.74) is 2.03. The molecule has 2 aromatic rings. The van der Waals surface area contributed by atoms with Crippen molar-refractivity contribution in [1.82, 2.24) is 0 Å². The zero-order valence-electron chi connectivity index (χ0n) is 10.5. The second kappa shape index (κ2) is 6.55. The Labute approximate surface area is 112 Å². The standard InChI is InChI=1S/C17H15FO/c18-16-10-6-14(7-11-16)4-2-1-3-5-15-8-12-17(19)13-9-15/h2-13,19H,1H2/b4-2+,5-3+. The maximum atomic E-state index is 12.7. The molecule has 0 atom stereocenters. The lowest BCUT2D eigenvalue weighted by Crippen LogP contribution is -1.74. The van der Waals surface area contributed by atoms with Crippen LogP contribution in [0.15, 0.2) is 60.7 Å². The van der Waals surface area contributed by atoms with Crippen LogP contribution in [0.25, 0.3) is 12.2 Å². The fraction of sp³-hybridized carbons (Fsp3) is 0.0588. The van der Waals surface area contributed by atoms with Crippen molar-refractivity contribution >= 4 is 12.2 Å². The minimum absolute atomic E-state index is 0.218. The number of rotatable bonds is 4. The van der Waals surface area contributed by atoms with Crippen molar-refractivity contribution < 1.29 is 9.50 Å². The maximum Gasteiger partial charge on any atom is 0.123 e. The number of hydrogen-bond acceptors (Lipinski definition) is 1. The van der Waals surface area contributed by atoms with Gasteiger partial charge in [-0.25, -0.2) is 4.39 Å². The predicted octanol–water partition coefficient (Wildman–Crippen LogP) is 4.65. The fourth-order valence-corrected chi connectivity index (χ4v) is 1.65. The van der Waals surface area contributed by atoms with Gasteiger partial charge in [0.1, 0.15) is 11.6 Å². The molecule has 19 heavy (non-hydrogen) atoms. The van der Waals surface area contributed by atoms with Crippen LogP contribution >= 0.6 is 0 Å². The minimum atomic E-state index is -0.218. The largest absolute Gasteiger partial charge is 0.508 e. The Bertz CT molecular complexity index is 512. The SMILES string of the molecule is Oc1ccc(/C=C/C/C=C/c2ccc(F)cc2)cc1. The lowest BCUT2D eigenvalue weighted by Gasteiger charge is -1.94. The van der Waals surface area contributed by atoms with E-state index in [2.05, 4.69) is 0 Å². The summed E-state index contributed by atoms with van der Waals surface area (Å²) in [7, 11) is 0. The second-order valence-corrected chi connectivity index (χ2v) is 4.18. The van der Waals surface area contributed by atoms with E-state index in [-0.39, 0.29) is 11.6 Å². The summed E-state index contributed by atoms with van der Waals surface area (Å²) in [5.74, 6) is 0.0535. The molecule has 0 spiro atoms. The third-order valence-electron chi connectivity index (χ3n) is 2.66. The van der Waals surface area contributed by atoms with Gasteiger partial charge in [0.2, 0.25) is 0 Å². The van der Waals surface area contributed by atoms with Crippen LogP contribution < -0.4 is 0 Å². The number of allylic oxidation sites excluding steroid dienone is 2. The Kier molecular flexibility index (Phi) is 4.51. The lowest BCUT2D eigenvalue weighted by atomic mass is 10.1. The summed E-state index contributed by atoms with van der Waals surface area (Å²) in [6, 6.07) is 13.4. The molecule has 0 saturated carbocycles. The second-order valence-electron chi connectivity index (χ2n) is 4.18. The molecule has 0 aliphatic rings. The molecular weight excluding hydrogens is 239 g/mol. The summed E-state index contributed by atoms with van der Waals surface area (Å²) in [6.45, 7) is 0. The van der Waals surface area contributed by atoms with Crippen molar-refractivity contribution in [3.05, 3.63) is 77.6 Å². The van der Waals surface area contributed by atoms with Crippen molar-refractivity contribution in [1.29, 1.82) is 0 Å². The molecule has 96 valence electrons. The predicted molar refractivity (Wildman–Crippen MR) is 77.2 cm³/mol. The van der Waals surface area contributed by atoms with E-state index in [0.717, 1.165) is 17.5 Å². The molecule has 0 amide bonds. The van der Waals surface area contributed by atoms with E-state index in [1.54, 1.807) is 24.3 Å². The Hall–Kier alpha value is -2.35. The molecule has 2 aromatic carbocycles. The van der Waals surface area contributed by atoms with Gasteiger partial charge in [-0.3, -0.25) is 0 Å². The summed E-state index contributed by atoms with van der Waals surface area (Å²) >= 11 is 0. The molecule has 0 bridgehead atoms. The van der Waals surface area contributed by atoms with Gasteiger partial charge in [0, 0.05) is 0 Å². The highest BCUT2D eigenvalue weighted by atomic mass is 19.1. The number of aromatic hydroxyl groups is 1. The average Bonchev–Trinajstić information content (AvgIpc) is 2.43. The Morgan fingerprint density at radius 3 is 1.79 bits per heavy atom. The highest BCUT2D eigenvalue weighted by molar-refractivity contribution is 5.52. The molecule has 0 aliphatic carbocycles. The first-order chi connectivity index (χ1) is 9.24. The summed E-state index contributed by atoms with van der Waals surface area (Å²) in [4.78, 5) is 0. The normalized spacial score (nSPS) is 11.4. The van der Waals surface area contributed by atoms with Crippen LogP contribution in [0.1, 0.15) is 17.5 Å². The van der Waals surface area contributed by atoms with Gasteiger partial charge in [0.25, 0.3) is 0 Å². The fourth-order valence-electron chi connectivity index (χ4n) is 1.65. The maximum absolute atomic E-state index is 12.7. The van der Waals surface area contributed by atoms with Gasteiger partial charge in [0.05, 0.1) is 0 Å². The van der Waals surface area contributed by atoms with Crippen LogP contribution in [-0.4, -0.2) is 5.11 Å². The van der Waals surface area contributed by atoms with E-state index < -0.39 is 0 Å². The van der Waals surface area contributed by atoms with Crippen molar-refractivity contribution in [3.8, 4) is 5.75 Å². The van der Waals surface area contributed by atoms with Crippen LogP contribution in [0.4, 0.5) is 4.39 Å². The minimum Gasteiger partial charge on any atom is -0.508 e. The first-order valence-corrected chi connectivity index (χ1v) is 6.12. The molecule has 0 saturated heterocycles. The van der Waals surface area contributed by atoms with Crippen LogP contribution in [0, 0.1) is 5.82 Å². The van der Waals surface area contributed by atoms with Crippen molar-refractivity contribution in [2.75, 3.05) is 0 Å². The van der Waals surface area contributed by atoms with Crippen LogP contribution in [0.2, 0.25) is 0 Å². The smallest absolute Gasteiger partial charge is 0.123 e. The number of hydrogen-bond donors (Lipinski definition) is 1. The number of phenols is 1. The summed E-state index contributed by atoms with van der Waals surface area (Å²) < 4.78 is 12.7. The number of phenolic OH excluding ortho intramolecular Hbond substituents is 1. The topological polar surface area (TPSA) is 20.2 Å². The van der Waals surface area contributed by atoms with E-state index in [0.29, 0.717) is 0 Å². The third kappa shape index (κ3) is 4.43. The Balaban J connectivity index is 1.86. The van der Waals surface area contributed by atoms with Crippen LogP contribution in [-0.2, 0) is 0 Å². The molecular formula is C17H15FO. The molecule has 0 aromatic heterocycles. The van der Waals surface area contributed by atoms with E-state index >= 15 is 0 Å². The highest BCUT2D eigenvalue weighted by Gasteiger charge is 1.88. The molecule has 0 unspecified atom stereocenters. The van der Waals surface area contributed by atoms with Gasteiger partial charge in [-0.05, 0) is 41.8 Å². The van der Waals surface area contributed by atoms with Gasteiger partial charge < -0.3 is 5.11 Å². The molecule has 2 rings (SSSR count). The van der Waals surface area contributed by atoms with E-state index in [9.17, 15) is 4.39 Å². The Morgan fingerprint density at radius 1 is 0.789 bits per heavy atom. The molecule has 1 N–H and O–H groups in total. The summed E-state index contributed by atoms with van der Waals surface area (Å²) in [6.07, 6.45) is 8.81. The number of halogens is 1. The zero-order valence-corrected chi connectivity index (χ0v) is 10.5. The van der Waals surface area contributed by atoms with Crippen LogP contribution in [0.5, 0.6) is 5.75 Å². The monoisotopic (exact) mass is 254 g/mol. The van der Waals surface area contributed by atoms with E-state index in [4.69, 9.17) is 5.11 Å². The summed E-state index contributed by atoms with van der Waals surface area (Å²) in [5, 5.41) is 9.15.